The Hall–Kier alpha value is -0.930. The van der Waals surface area contributed by atoms with Crippen LogP contribution in [0.3, 0.4) is 0 Å². The van der Waals surface area contributed by atoms with Crippen molar-refractivity contribution in [3.05, 3.63) is 34.6 Å². The minimum Gasteiger partial charge on any atom is -0.313 e. The lowest BCUT2D eigenvalue weighted by Gasteiger charge is -2.19. The van der Waals surface area contributed by atoms with Crippen molar-refractivity contribution in [2.24, 2.45) is 0 Å². The molecule has 0 heterocycles. The molecule has 0 bridgehead atoms. The smallest absolute Gasteiger partial charge is 0.142 e. The summed E-state index contributed by atoms with van der Waals surface area (Å²) >= 11 is 5.67. The van der Waals surface area contributed by atoms with Crippen LogP contribution in [0, 0.1) is 5.82 Å². The summed E-state index contributed by atoms with van der Waals surface area (Å²) in [5.74, 6) is -0.717. The van der Waals surface area contributed by atoms with E-state index in [-0.39, 0.29) is 16.7 Å². The van der Waals surface area contributed by atoms with Gasteiger partial charge in [0.05, 0.1) is 10.9 Å². The first kappa shape index (κ1) is 14.5. The fourth-order valence-corrected chi connectivity index (χ4v) is 2.76. The van der Waals surface area contributed by atoms with Crippen LogP contribution in [0.15, 0.2) is 18.2 Å². The van der Waals surface area contributed by atoms with E-state index in [1.54, 1.807) is 13.0 Å². The maximum Gasteiger partial charge on any atom is 0.142 e. The topological polar surface area (TPSA) is 29.1 Å². The molecule has 2 nitrogen and oxygen atoms in total. The average molecular weight is 284 g/mol. The first-order valence-corrected chi connectivity index (χ1v) is 7.14. The number of rotatable bonds is 5. The number of halogens is 2. The monoisotopic (exact) mass is 283 g/mol. The molecule has 0 radical (unpaired) electrons. The zero-order valence-electron chi connectivity index (χ0n) is 11.1. The van der Waals surface area contributed by atoms with E-state index in [2.05, 4.69) is 5.32 Å². The van der Waals surface area contributed by atoms with Gasteiger partial charge >= 0.3 is 0 Å². The Labute approximate surface area is 118 Å². The van der Waals surface area contributed by atoms with Crippen molar-refractivity contribution in [3.63, 3.8) is 0 Å². The van der Waals surface area contributed by atoms with Gasteiger partial charge in [-0.15, -0.1) is 0 Å². The first-order chi connectivity index (χ1) is 9.08. The van der Waals surface area contributed by atoms with Crippen LogP contribution in [0.4, 0.5) is 4.39 Å². The van der Waals surface area contributed by atoms with Crippen LogP contribution in [-0.4, -0.2) is 18.4 Å². The molecule has 1 aromatic carbocycles. The van der Waals surface area contributed by atoms with Crippen molar-refractivity contribution in [2.75, 3.05) is 6.54 Å². The van der Waals surface area contributed by atoms with Crippen LogP contribution in [-0.2, 0) is 4.79 Å². The Morgan fingerprint density at radius 3 is 2.74 bits per heavy atom. The molecule has 0 unspecified atom stereocenters. The second kappa shape index (κ2) is 6.49. The fourth-order valence-electron chi connectivity index (χ4n) is 2.64. The predicted molar refractivity (Wildman–Crippen MR) is 75.1 cm³/mol. The molecule has 0 aliphatic heterocycles. The Morgan fingerprint density at radius 2 is 2.16 bits per heavy atom. The third kappa shape index (κ3) is 3.77. The first-order valence-electron chi connectivity index (χ1n) is 6.76. The Morgan fingerprint density at radius 1 is 1.47 bits per heavy atom. The van der Waals surface area contributed by atoms with Crippen LogP contribution in [0.1, 0.15) is 44.1 Å². The van der Waals surface area contributed by atoms with Gasteiger partial charge in [0.25, 0.3) is 0 Å². The number of ketones is 1. The summed E-state index contributed by atoms with van der Waals surface area (Å²) < 4.78 is 13.5. The van der Waals surface area contributed by atoms with E-state index in [1.807, 2.05) is 0 Å². The maximum atomic E-state index is 13.5. The van der Waals surface area contributed by atoms with E-state index in [0.717, 1.165) is 0 Å². The van der Waals surface area contributed by atoms with Crippen molar-refractivity contribution >= 4 is 17.4 Å². The molecule has 0 aromatic heterocycles. The van der Waals surface area contributed by atoms with Crippen LogP contribution in [0.5, 0.6) is 0 Å². The van der Waals surface area contributed by atoms with Gasteiger partial charge in [-0.3, -0.25) is 4.79 Å². The Kier molecular flexibility index (Phi) is 4.94. The molecular formula is C15H19ClFNO. The zero-order valence-corrected chi connectivity index (χ0v) is 11.8. The van der Waals surface area contributed by atoms with Crippen molar-refractivity contribution < 1.29 is 9.18 Å². The van der Waals surface area contributed by atoms with Gasteiger partial charge in [0, 0.05) is 12.6 Å². The van der Waals surface area contributed by atoms with E-state index in [9.17, 15) is 9.18 Å². The molecule has 4 heteroatoms. The largest absolute Gasteiger partial charge is 0.313 e. The van der Waals surface area contributed by atoms with E-state index >= 15 is 0 Å². The second-order valence-corrected chi connectivity index (χ2v) is 5.63. The molecule has 2 rings (SSSR count). The summed E-state index contributed by atoms with van der Waals surface area (Å²) in [6.07, 6.45) is 4.83. The molecule has 104 valence electrons. The minimum atomic E-state index is -0.466. The van der Waals surface area contributed by atoms with Gasteiger partial charge in [-0.05, 0) is 37.5 Å². The lowest BCUT2D eigenvalue weighted by molar-refractivity contribution is -0.118. The standard InChI is InChI=1S/C15H19ClFNO/c1-10(19)13(9-18-12-4-2-3-5-12)11-6-7-14(16)15(17)8-11/h6-8,12-13,18H,2-5,9H2,1H3/t13-/m0/s1. The number of carbonyl (C=O) groups excluding carboxylic acids is 1. The number of nitrogens with one attached hydrogen (secondary N) is 1. The second-order valence-electron chi connectivity index (χ2n) is 5.23. The highest BCUT2D eigenvalue weighted by molar-refractivity contribution is 6.30. The van der Waals surface area contributed by atoms with Gasteiger partial charge in [0.15, 0.2) is 0 Å². The van der Waals surface area contributed by atoms with Gasteiger partial charge in [-0.2, -0.15) is 0 Å². The molecule has 1 N–H and O–H groups in total. The number of carbonyl (C=O) groups is 1. The number of hydrogen-bond acceptors (Lipinski definition) is 2. The van der Waals surface area contributed by atoms with E-state index in [0.29, 0.717) is 18.2 Å². The predicted octanol–water partition coefficient (Wildman–Crippen LogP) is 3.68. The molecular weight excluding hydrogens is 265 g/mol. The van der Waals surface area contributed by atoms with Crippen molar-refractivity contribution in [1.29, 1.82) is 0 Å². The maximum absolute atomic E-state index is 13.5. The highest BCUT2D eigenvalue weighted by atomic mass is 35.5. The number of benzene rings is 1. The van der Waals surface area contributed by atoms with Gasteiger partial charge in [-0.25, -0.2) is 4.39 Å². The number of Topliss-reactive ketones (excluding diaryl/α,β-unsaturated/α-hetero) is 1. The molecule has 1 aromatic rings. The average Bonchev–Trinajstić information content (AvgIpc) is 2.86. The Balaban J connectivity index is 2.05. The quantitative estimate of drug-likeness (QED) is 0.893. The third-order valence-electron chi connectivity index (χ3n) is 3.80. The molecule has 0 amide bonds. The summed E-state index contributed by atoms with van der Waals surface area (Å²) in [6, 6.07) is 5.11. The fraction of sp³-hybridized carbons (Fsp3) is 0.533. The van der Waals surface area contributed by atoms with Crippen LogP contribution >= 0.6 is 11.6 Å². The van der Waals surface area contributed by atoms with Crippen LogP contribution in [0.25, 0.3) is 0 Å². The minimum absolute atomic E-state index is 0.0484. The van der Waals surface area contributed by atoms with Crippen LogP contribution in [0.2, 0.25) is 5.02 Å². The van der Waals surface area contributed by atoms with E-state index in [1.165, 1.54) is 37.8 Å². The zero-order chi connectivity index (χ0) is 13.8. The van der Waals surface area contributed by atoms with E-state index < -0.39 is 5.82 Å². The molecule has 1 aliphatic carbocycles. The van der Waals surface area contributed by atoms with Gasteiger partial charge < -0.3 is 5.32 Å². The summed E-state index contributed by atoms with van der Waals surface area (Å²) in [6.45, 7) is 2.12. The summed E-state index contributed by atoms with van der Waals surface area (Å²) in [7, 11) is 0. The van der Waals surface area contributed by atoms with Crippen molar-refractivity contribution in [1.82, 2.24) is 5.32 Å². The molecule has 1 fully saturated rings. The van der Waals surface area contributed by atoms with Crippen molar-refractivity contribution in [2.45, 2.75) is 44.6 Å². The number of hydrogen-bond donors (Lipinski definition) is 1. The van der Waals surface area contributed by atoms with E-state index in [4.69, 9.17) is 11.6 Å². The van der Waals surface area contributed by atoms with Gasteiger partial charge in [0.1, 0.15) is 11.6 Å². The van der Waals surface area contributed by atoms with Crippen LogP contribution < -0.4 is 5.32 Å². The molecule has 0 saturated heterocycles. The molecule has 0 spiro atoms. The summed E-state index contributed by atoms with van der Waals surface area (Å²) in [5, 5.41) is 3.51. The lowest BCUT2D eigenvalue weighted by Crippen LogP contribution is -2.32. The normalized spacial score (nSPS) is 17.6. The van der Waals surface area contributed by atoms with Crippen molar-refractivity contribution in [3.8, 4) is 0 Å². The highest BCUT2D eigenvalue weighted by Crippen LogP contribution is 2.23. The highest BCUT2D eigenvalue weighted by Gasteiger charge is 2.21. The molecule has 1 saturated carbocycles. The molecule has 1 atom stereocenters. The molecule has 19 heavy (non-hydrogen) atoms. The third-order valence-corrected chi connectivity index (χ3v) is 4.11. The summed E-state index contributed by atoms with van der Waals surface area (Å²) in [4.78, 5) is 11.7. The Bertz CT molecular complexity index is 457. The lowest BCUT2D eigenvalue weighted by atomic mass is 9.95. The van der Waals surface area contributed by atoms with Gasteiger partial charge in [0.2, 0.25) is 0 Å². The SMILES string of the molecule is CC(=O)[C@H](CNC1CCCC1)c1ccc(Cl)c(F)c1. The van der Waals surface area contributed by atoms with Gasteiger partial charge in [-0.1, -0.05) is 30.5 Å². The summed E-state index contributed by atoms with van der Waals surface area (Å²) in [5.41, 5.74) is 0.694. The molecule has 1 aliphatic rings.